The molecule has 20 heavy (non-hydrogen) atoms. The van der Waals surface area contributed by atoms with Gasteiger partial charge in [0.05, 0.1) is 16.7 Å². The number of carbonyl (C=O) groups is 1. The molecular weight excluding hydrogens is 267 g/mol. The lowest BCUT2D eigenvalue weighted by molar-refractivity contribution is -0.385. The van der Waals surface area contributed by atoms with Gasteiger partial charge in [0.15, 0.2) is 5.82 Å². The number of nitro benzene ring substituents is 1. The maximum absolute atomic E-state index is 14.1. The number of hydrogen-bond donors (Lipinski definition) is 1. The van der Waals surface area contributed by atoms with E-state index >= 15 is 0 Å². The largest absolute Gasteiger partial charge is 0.477 e. The highest BCUT2D eigenvalue weighted by atomic mass is 19.1. The fraction of sp³-hybridized carbons (Fsp3) is 0.462. The number of benzene rings is 1. The Bertz CT molecular complexity index is 558. The molecule has 7 heteroatoms. The van der Waals surface area contributed by atoms with E-state index in [0.717, 1.165) is 25.3 Å². The van der Waals surface area contributed by atoms with Crippen molar-refractivity contribution in [3.63, 3.8) is 0 Å². The van der Waals surface area contributed by atoms with Gasteiger partial charge in [-0.25, -0.2) is 9.18 Å². The third kappa shape index (κ3) is 2.71. The Balaban J connectivity index is 2.50. The number of nitrogens with zero attached hydrogens (tertiary/aromatic N) is 2. The molecule has 1 saturated carbocycles. The summed E-state index contributed by atoms with van der Waals surface area (Å²) in [5.41, 5.74) is -1.06. The van der Waals surface area contributed by atoms with E-state index in [0.29, 0.717) is 12.6 Å². The molecule has 1 aromatic rings. The fourth-order valence-corrected chi connectivity index (χ4v) is 2.22. The Labute approximate surface area is 115 Å². The Morgan fingerprint density at radius 3 is 2.65 bits per heavy atom. The zero-order valence-corrected chi connectivity index (χ0v) is 11.0. The summed E-state index contributed by atoms with van der Waals surface area (Å²) in [6.07, 6.45) is 2.65. The van der Waals surface area contributed by atoms with Gasteiger partial charge >= 0.3 is 5.97 Å². The van der Waals surface area contributed by atoms with E-state index < -0.39 is 28.0 Å². The van der Waals surface area contributed by atoms with Crippen LogP contribution in [0.4, 0.5) is 15.8 Å². The topological polar surface area (TPSA) is 83.7 Å². The molecule has 0 spiro atoms. The third-order valence-electron chi connectivity index (χ3n) is 3.25. The zero-order chi connectivity index (χ0) is 14.9. The maximum atomic E-state index is 14.1. The highest BCUT2D eigenvalue weighted by Crippen LogP contribution is 2.36. The zero-order valence-electron chi connectivity index (χ0n) is 11.0. The lowest BCUT2D eigenvalue weighted by atomic mass is 10.1. The van der Waals surface area contributed by atoms with Crippen LogP contribution in [0.3, 0.4) is 0 Å². The van der Waals surface area contributed by atoms with Gasteiger partial charge in [-0.1, -0.05) is 6.92 Å². The Hall–Kier alpha value is -2.18. The van der Waals surface area contributed by atoms with E-state index in [1.165, 1.54) is 0 Å². The molecule has 0 heterocycles. The van der Waals surface area contributed by atoms with E-state index in [-0.39, 0.29) is 11.7 Å². The van der Waals surface area contributed by atoms with Gasteiger partial charge in [0.1, 0.15) is 5.56 Å². The van der Waals surface area contributed by atoms with Crippen LogP contribution in [0.2, 0.25) is 0 Å². The van der Waals surface area contributed by atoms with Crippen molar-refractivity contribution in [1.82, 2.24) is 0 Å². The first-order valence-corrected chi connectivity index (χ1v) is 6.43. The lowest BCUT2D eigenvalue weighted by Crippen LogP contribution is -2.27. The van der Waals surface area contributed by atoms with Gasteiger partial charge < -0.3 is 10.0 Å². The van der Waals surface area contributed by atoms with Crippen LogP contribution < -0.4 is 4.90 Å². The molecule has 1 N–H and O–H groups in total. The van der Waals surface area contributed by atoms with Gasteiger partial charge in [-0.3, -0.25) is 10.1 Å². The van der Waals surface area contributed by atoms with Crippen molar-refractivity contribution in [3.05, 3.63) is 33.6 Å². The highest BCUT2D eigenvalue weighted by Gasteiger charge is 2.32. The van der Waals surface area contributed by atoms with Crippen molar-refractivity contribution in [3.8, 4) is 0 Å². The second kappa shape index (κ2) is 5.44. The van der Waals surface area contributed by atoms with Gasteiger partial charge in [-0.05, 0) is 25.3 Å². The maximum Gasteiger partial charge on any atom is 0.342 e. The van der Waals surface area contributed by atoms with E-state index in [2.05, 4.69) is 0 Å². The van der Waals surface area contributed by atoms with Crippen LogP contribution in [0.25, 0.3) is 0 Å². The normalized spacial score (nSPS) is 14.1. The average molecular weight is 282 g/mol. The Morgan fingerprint density at radius 1 is 1.55 bits per heavy atom. The molecular formula is C13H15FN2O4. The van der Waals surface area contributed by atoms with Crippen molar-refractivity contribution >= 4 is 17.3 Å². The Kier molecular flexibility index (Phi) is 3.87. The molecule has 0 amide bonds. The Morgan fingerprint density at radius 2 is 2.20 bits per heavy atom. The minimum atomic E-state index is -1.43. The van der Waals surface area contributed by atoms with Crippen molar-refractivity contribution in [2.45, 2.75) is 32.2 Å². The summed E-state index contributed by atoms with van der Waals surface area (Å²) >= 11 is 0. The molecule has 2 rings (SSSR count). The highest BCUT2D eigenvalue weighted by molar-refractivity contribution is 5.93. The molecule has 0 radical (unpaired) electrons. The minimum Gasteiger partial charge on any atom is -0.477 e. The lowest BCUT2D eigenvalue weighted by Gasteiger charge is -2.24. The van der Waals surface area contributed by atoms with E-state index in [9.17, 15) is 19.3 Å². The number of aromatic carboxylic acids is 1. The van der Waals surface area contributed by atoms with Gasteiger partial charge in [-0.2, -0.15) is 0 Å². The second-order valence-electron chi connectivity index (χ2n) is 4.81. The molecule has 1 aromatic carbocycles. The number of anilines is 1. The summed E-state index contributed by atoms with van der Waals surface area (Å²) in [6.45, 7) is 2.54. The molecule has 0 bridgehead atoms. The van der Waals surface area contributed by atoms with Crippen LogP contribution in [-0.2, 0) is 0 Å². The molecule has 1 aliphatic rings. The van der Waals surface area contributed by atoms with Crippen LogP contribution in [0.5, 0.6) is 0 Å². The predicted octanol–water partition coefficient (Wildman–Crippen LogP) is 2.81. The van der Waals surface area contributed by atoms with E-state index in [1.807, 2.05) is 6.92 Å². The first kappa shape index (κ1) is 14.2. The van der Waals surface area contributed by atoms with Gasteiger partial charge in [0.2, 0.25) is 0 Å². The van der Waals surface area contributed by atoms with Crippen LogP contribution in [0, 0.1) is 15.9 Å². The first-order valence-electron chi connectivity index (χ1n) is 6.43. The van der Waals surface area contributed by atoms with E-state index in [4.69, 9.17) is 5.11 Å². The number of carboxylic acid groups (broad SMARTS) is 1. The van der Waals surface area contributed by atoms with Gasteiger partial charge in [0, 0.05) is 12.6 Å². The molecule has 0 unspecified atom stereocenters. The molecule has 0 saturated heterocycles. The monoisotopic (exact) mass is 282 g/mol. The summed E-state index contributed by atoms with van der Waals surface area (Å²) in [5.74, 6) is -2.17. The summed E-state index contributed by atoms with van der Waals surface area (Å²) in [4.78, 5) is 22.8. The summed E-state index contributed by atoms with van der Waals surface area (Å²) in [5, 5.41) is 19.8. The predicted molar refractivity (Wildman–Crippen MR) is 70.7 cm³/mol. The van der Waals surface area contributed by atoms with Gasteiger partial charge in [0.25, 0.3) is 5.69 Å². The van der Waals surface area contributed by atoms with Crippen molar-refractivity contribution < 1.29 is 19.2 Å². The standard InChI is InChI=1S/C13H15FN2O4/c1-2-5-15(8-3-4-8)12-6-9(13(17)18)11(16(19)20)7-10(12)14/h6-8H,2-5H2,1H3,(H,17,18). The van der Waals surface area contributed by atoms with Crippen molar-refractivity contribution in [2.75, 3.05) is 11.4 Å². The molecule has 108 valence electrons. The van der Waals surface area contributed by atoms with Crippen LogP contribution in [-0.4, -0.2) is 28.6 Å². The molecule has 1 fully saturated rings. The number of rotatable bonds is 6. The summed E-state index contributed by atoms with van der Waals surface area (Å²) in [7, 11) is 0. The smallest absolute Gasteiger partial charge is 0.342 e. The summed E-state index contributed by atoms with van der Waals surface area (Å²) < 4.78 is 14.1. The van der Waals surface area contributed by atoms with Crippen molar-refractivity contribution in [2.24, 2.45) is 0 Å². The minimum absolute atomic E-state index is 0.136. The number of nitro groups is 1. The molecule has 1 aliphatic carbocycles. The molecule has 0 aromatic heterocycles. The first-order chi connectivity index (χ1) is 9.45. The van der Waals surface area contributed by atoms with Crippen molar-refractivity contribution in [1.29, 1.82) is 0 Å². The summed E-state index contributed by atoms with van der Waals surface area (Å²) in [6, 6.07) is 1.97. The fourth-order valence-electron chi connectivity index (χ4n) is 2.22. The number of halogens is 1. The van der Waals surface area contributed by atoms with Crippen LogP contribution in [0.15, 0.2) is 12.1 Å². The van der Waals surface area contributed by atoms with Crippen LogP contribution in [0.1, 0.15) is 36.5 Å². The number of hydrogen-bond acceptors (Lipinski definition) is 4. The van der Waals surface area contributed by atoms with E-state index in [1.54, 1.807) is 4.90 Å². The molecule has 6 nitrogen and oxygen atoms in total. The molecule has 0 atom stereocenters. The average Bonchev–Trinajstić information content (AvgIpc) is 3.19. The SMILES string of the molecule is CCCN(c1cc(C(=O)O)c([N+](=O)[O-])cc1F)C1CC1. The van der Waals surface area contributed by atoms with Crippen LogP contribution >= 0.6 is 0 Å². The number of carboxylic acids is 1. The quantitative estimate of drug-likeness (QED) is 0.640. The third-order valence-corrected chi connectivity index (χ3v) is 3.25. The second-order valence-corrected chi connectivity index (χ2v) is 4.81. The molecule has 0 aliphatic heterocycles. The van der Waals surface area contributed by atoms with Gasteiger partial charge in [-0.15, -0.1) is 0 Å².